The summed E-state index contributed by atoms with van der Waals surface area (Å²) in [6.07, 6.45) is 6.07. The fraction of sp³-hybridized carbons (Fsp3) is 0.167. The van der Waals surface area contributed by atoms with Crippen molar-refractivity contribution in [2.24, 2.45) is 5.73 Å². The first kappa shape index (κ1) is 9.57. The minimum absolute atomic E-state index is 0.635. The number of terminal acetylenes is 1. The molecule has 0 aliphatic rings. The molecule has 2 N–H and O–H groups in total. The smallest absolute Gasteiger partial charge is 0.0243 e. The van der Waals surface area contributed by atoms with Gasteiger partial charge in [-0.2, -0.15) is 0 Å². The van der Waals surface area contributed by atoms with Gasteiger partial charge >= 0.3 is 0 Å². The Morgan fingerprint density at radius 3 is 2.46 bits per heavy atom. The first-order chi connectivity index (χ1) is 6.27. The van der Waals surface area contributed by atoms with Crippen LogP contribution in [0.4, 0.5) is 0 Å². The quantitative estimate of drug-likeness (QED) is 0.692. The van der Waals surface area contributed by atoms with E-state index in [9.17, 15) is 0 Å². The van der Waals surface area contributed by atoms with Crippen molar-refractivity contribution in [1.82, 2.24) is 0 Å². The van der Waals surface area contributed by atoms with Crippen LogP contribution in [0.25, 0.3) is 5.57 Å². The summed E-state index contributed by atoms with van der Waals surface area (Å²) in [5, 5.41) is 0. The second-order valence-electron chi connectivity index (χ2n) is 2.86. The lowest BCUT2D eigenvalue weighted by molar-refractivity contribution is 1.02. The molecule has 0 aliphatic heterocycles. The van der Waals surface area contributed by atoms with E-state index in [1.54, 1.807) is 0 Å². The van der Waals surface area contributed by atoms with Gasteiger partial charge in [0.1, 0.15) is 0 Å². The van der Waals surface area contributed by atoms with Crippen molar-refractivity contribution >= 4 is 5.57 Å². The summed E-state index contributed by atoms with van der Waals surface area (Å²) in [6.45, 7) is 4.57. The largest absolute Gasteiger partial charge is 0.330 e. The summed E-state index contributed by atoms with van der Waals surface area (Å²) < 4.78 is 0. The van der Waals surface area contributed by atoms with Gasteiger partial charge in [0, 0.05) is 5.56 Å². The van der Waals surface area contributed by atoms with Crippen molar-refractivity contribution in [3.8, 4) is 12.3 Å². The highest BCUT2D eigenvalue weighted by atomic mass is 14.5. The lowest BCUT2D eigenvalue weighted by Crippen LogP contribution is -1.99. The molecule has 0 bridgehead atoms. The minimum Gasteiger partial charge on any atom is -0.330 e. The van der Waals surface area contributed by atoms with Crippen LogP contribution < -0.4 is 5.73 Å². The van der Waals surface area contributed by atoms with E-state index in [0.717, 1.165) is 23.1 Å². The van der Waals surface area contributed by atoms with Crippen LogP contribution >= 0.6 is 0 Å². The van der Waals surface area contributed by atoms with Gasteiger partial charge in [0.05, 0.1) is 0 Å². The standard InChI is InChI=1S/C12H13N/c1-3-11-4-6-12(7-5-11)10(2)8-9-13/h1,4-7H,2,8-9,13H2. The minimum atomic E-state index is 0.635. The summed E-state index contributed by atoms with van der Waals surface area (Å²) >= 11 is 0. The fourth-order valence-corrected chi connectivity index (χ4v) is 1.12. The van der Waals surface area contributed by atoms with E-state index in [1.807, 2.05) is 24.3 Å². The van der Waals surface area contributed by atoms with Crippen molar-refractivity contribution in [3.63, 3.8) is 0 Å². The third-order valence-electron chi connectivity index (χ3n) is 1.91. The van der Waals surface area contributed by atoms with E-state index < -0.39 is 0 Å². The number of nitrogens with two attached hydrogens (primary N) is 1. The summed E-state index contributed by atoms with van der Waals surface area (Å²) in [6, 6.07) is 7.79. The Kier molecular flexibility index (Phi) is 3.31. The van der Waals surface area contributed by atoms with E-state index in [4.69, 9.17) is 12.2 Å². The highest BCUT2D eigenvalue weighted by Gasteiger charge is 1.96. The van der Waals surface area contributed by atoms with Gasteiger partial charge in [0.25, 0.3) is 0 Å². The van der Waals surface area contributed by atoms with Crippen molar-refractivity contribution in [2.75, 3.05) is 6.54 Å². The van der Waals surface area contributed by atoms with E-state index >= 15 is 0 Å². The molecule has 1 nitrogen and oxygen atoms in total. The third kappa shape index (κ3) is 2.47. The molecule has 0 saturated carbocycles. The van der Waals surface area contributed by atoms with Crippen molar-refractivity contribution in [1.29, 1.82) is 0 Å². The second-order valence-corrected chi connectivity index (χ2v) is 2.86. The van der Waals surface area contributed by atoms with Crippen molar-refractivity contribution in [3.05, 3.63) is 42.0 Å². The molecule has 0 fully saturated rings. The van der Waals surface area contributed by atoms with Crippen LogP contribution in [0, 0.1) is 12.3 Å². The topological polar surface area (TPSA) is 26.0 Å². The second kappa shape index (κ2) is 4.49. The zero-order valence-corrected chi connectivity index (χ0v) is 7.59. The predicted octanol–water partition coefficient (Wildman–Crippen LogP) is 2.03. The van der Waals surface area contributed by atoms with Gasteiger partial charge in [-0.15, -0.1) is 6.42 Å². The van der Waals surface area contributed by atoms with Crippen LogP contribution in [0.3, 0.4) is 0 Å². The lowest BCUT2D eigenvalue weighted by atomic mass is 10.0. The average molecular weight is 171 g/mol. The Labute approximate surface area is 79.3 Å². The molecule has 0 atom stereocenters. The number of hydrogen-bond acceptors (Lipinski definition) is 1. The average Bonchev–Trinajstić information content (AvgIpc) is 2.18. The molecule has 0 aromatic heterocycles. The van der Waals surface area contributed by atoms with Crippen LogP contribution in [-0.4, -0.2) is 6.54 Å². The maximum Gasteiger partial charge on any atom is 0.0243 e. The molecule has 1 rings (SSSR count). The number of benzene rings is 1. The summed E-state index contributed by atoms with van der Waals surface area (Å²) in [4.78, 5) is 0. The normalized spacial score (nSPS) is 9.23. The molecule has 13 heavy (non-hydrogen) atoms. The monoisotopic (exact) mass is 171 g/mol. The van der Waals surface area contributed by atoms with Crippen molar-refractivity contribution in [2.45, 2.75) is 6.42 Å². The molecule has 0 spiro atoms. The van der Waals surface area contributed by atoms with Crippen LogP contribution in [0.5, 0.6) is 0 Å². The van der Waals surface area contributed by atoms with Crippen LogP contribution in [0.15, 0.2) is 30.8 Å². The molecule has 0 unspecified atom stereocenters. The van der Waals surface area contributed by atoms with E-state index in [1.165, 1.54) is 0 Å². The van der Waals surface area contributed by atoms with Gasteiger partial charge in [-0.1, -0.05) is 24.6 Å². The van der Waals surface area contributed by atoms with Crippen molar-refractivity contribution < 1.29 is 0 Å². The van der Waals surface area contributed by atoms with Gasteiger partial charge in [-0.05, 0) is 36.2 Å². The highest BCUT2D eigenvalue weighted by molar-refractivity contribution is 5.64. The van der Waals surface area contributed by atoms with Gasteiger partial charge < -0.3 is 5.73 Å². The van der Waals surface area contributed by atoms with Gasteiger partial charge in [-0.25, -0.2) is 0 Å². The van der Waals surface area contributed by atoms with Crippen LogP contribution in [0.2, 0.25) is 0 Å². The molecule has 1 heteroatoms. The molecule has 0 radical (unpaired) electrons. The predicted molar refractivity (Wildman–Crippen MR) is 57.1 cm³/mol. The zero-order valence-electron chi connectivity index (χ0n) is 7.59. The molecular formula is C12H13N. The Morgan fingerprint density at radius 2 is 2.00 bits per heavy atom. The molecule has 1 aromatic rings. The molecule has 0 heterocycles. The Bertz CT molecular complexity index is 327. The summed E-state index contributed by atoms with van der Waals surface area (Å²) in [7, 11) is 0. The van der Waals surface area contributed by atoms with Gasteiger partial charge in [0.2, 0.25) is 0 Å². The van der Waals surface area contributed by atoms with E-state index in [-0.39, 0.29) is 0 Å². The Hall–Kier alpha value is -1.52. The summed E-state index contributed by atoms with van der Waals surface area (Å²) in [5.74, 6) is 2.57. The van der Waals surface area contributed by atoms with Crippen LogP contribution in [0.1, 0.15) is 17.5 Å². The SMILES string of the molecule is C#Cc1ccc(C(=C)CCN)cc1. The molecule has 66 valence electrons. The number of rotatable bonds is 3. The maximum absolute atomic E-state index is 5.43. The zero-order chi connectivity index (χ0) is 9.68. The third-order valence-corrected chi connectivity index (χ3v) is 1.91. The summed E-state index contributed by atoms with van der Waals surface area (Å²) in [5.41, 5.74) is 8.50. The Balaban J connectivity index is 2.81. The molecule has 0 amide bonds. The van der Waals surface area contributed by atoms with Gasteiger partial charge in [-0.3, -0.25) is 0 Å². The molecule has 1 aromatic carbocycles. The lowest BCUT2D eigenvalue weighted by Gasteiger charge is -2.03. The van der Waals surface area contributed by atoms with E-state index in [2.05, 4.69) is 12.5 Å². The maximum atomic E-state index is 5.43. The number of hydrogen-bond donors (Lipinski definition) is 1. The fourth-order valence-electron chi connectivity index (χ4n) is 1.12. The Morgan fingerprint density at radius 1 is 1.38 bits per heavy atom. The first-order valence-corrected chi connectivity index (χ1v) is 4.23. The van der Waals surface area contributed by atoms with E-state index in [0.29, 0.717) is 6.54 Å². The van der Waals surface area contributed by atoms with Crippen LogP contribution in [-0.2, 0) is 0 Å². The molecule has 0 saturated heterocycles. The first-order valence-electron chi connectivity index (χ1n) is 4.23. The van der Waals surface area contributed by atoms with Gasteiger partial charge in [0.15, 0.2) is 0 Å². The molecule has 0 aliphatic carbocycles. The molecular weight excluding hydrogens is 158 g/mol. The highest BCUT2D eigenvalue weighted by Crippen LogP contribution is 2.15.